The first-order valence-electron chi connectivity index (χ1n) is 6.49. The summed E-state index contributed by atoms with van der Waals surface area (Å²) in [4.78, 5) is 10.9. The molecule has 0 bridgehead atoms. The van der Waals surface area contributed by atoms with Gasteiger partial charge in [-0.2, -0.15) is 5.26 Å². The number of nitrogens with zero attached hydrogens (tertiary/aromatic N) is 1. The van der Waals surface area contributed by atoms with Crippen LogP contribution in [0.5, 0.6) is 0 Å². The van der Waals surface area contributed by atoms with Crippen molar-refractivity contribution in [2.24, 2.45) is 0 Å². The van der Waals surface area contributed by atoms with Gasteiger partial charge in [0.1, 0.15) is 0 Å². The monoisotopic (exact) mass is 283 g/mol. The topological polar surface area (TPSA) is 52.9 Å². The van der Waals surface area contributed by atoms with E-state index in [1.807, 2.05) is 0 Å². The summed E-state index contributed by atoms with van der Waals surface area (Å²) in [5.74, 6) is -0.148. The number of nitriles is 1. The molecule has 0 saturated heterocycles. The Morgan fingerprint density at radius 3 is 1.94 bits per heavy atom. The largest absolute Gasteiger partial charge is 0.274 e. The molecule has 0 aliphatic heterocycles. The van der Waals surface area contributed by atoms with Gasteiger partial charge in [0.2, 0.25) is 5.91 Å². The van der Waals surface area contributed by atoms with E-state index in [0.29, 0.717) is 6.42 Å². The Labute approximate surface area is 116 Å². The number of amides is 1. The molecule has 0 aliphatic rings. The summed E-state index contributed by atoms with van der Waals surface area (Å²) in [6.07, 6.45) is 13.3. The standard InChI is InChI=1S/C13H24N2O.Co/c1-2-3-4-5-6-7-8-9-10-11-13(16)15-12-14;/h2-11H2,1H3,(H,15,16);. The fourth-order valence-corrected chi connectivity index (χ4v) is 1.72. The molecule has 0 aliphatic carbocycles. The summed E-state index contributed by atoms with van der Waals surface area (Å²) < 4.78 is 0. The summed E-state index contributed by atoms with van der Waals surface area (Å²) in [7, 11) is 0. The van der Waals surface area contributed by atoms with E-state index >= 15 is 0 Å². The van der Waals surface area contributed by atoms with Gasteiger partial charge in [0.15, 0.2) is 6.19 Å². The zero-order chi connectivity index (χ0) is 12.1. The minimum Gasteiger partial charge on any atom is -0.274 e. The van der Waals surface area contributed by atoms with Crippen LogP contribution in [0.4, 0.5) is 0 Å². The van der Waals surface area contributed by atoms with E-state index < -0.39 is 0 Å². The van der Waals surface area contributed by atoms with Crippen LogP contribution < -0.4 is 5.32 Å². The molecule has 0 aromatic carbocycles. The molecule has 0 heterocycles. The van der Waals surface area contributed by atoms with E-state index in [0.717, 1.165) is 12.8 Å². The molecule has 0 atom stereocenters. The van der Waals surface area contributed by atoms with Gasteiger partial charge >= 0.3 is 0 Å². The van der Waals surface area contributed by atoms with Crippen LogP contribution in [0.25, 0.3) is 0 Å². The molecule has 0 spiro atoms. The maximum absolute atomic E-state index is 10.9. The third-order valence-electron chi connectivity index (χ3n) is 2.70. The van der Waals surface area contributed by atoms with E-state index in [1.54, 1.807) is 6.19 Å². The van der Waals surface area contributed by atoms with Crippen LogP contribution in [0, 0.1) is 11.5 Å². The smallest absolute Gasteiger partial charge is 0.232 e. The molecule has 101 valence electrons. The normalized spacial score (nSPS) is 9.18. The van der Waals surface area contributed by atoms with Crippen molar-refractivity contribution < 1.29 is 21.6 Å². The zero-order valence-electron chi connectivity index (χ0n) is 10.8. The number of hydrogen-bond acceptors (Lipinski definition) is 2. The molecule has 17 heavy (non-hydrogen) atoms. The molecular formula is C13H24CoN2O. The fourth-order valence-electron chi connectivity index (χ4n) is 1.72. The predicted octanol–water partition coefficient (Wildman–Crippen LogP) is 3.50. The summed E-state index contributed by atoms with van der Waals surface area (Å²) >= 11 is 0. The Bertz CT molecular complexity index is 214. The van der Waals surface area contributed by atoms with Crippen molar-refractivity contribution in [3.63, 3.8) is 0 Å². The van der Waals surface area contributed by atoms with Crippen molar-refractivity contribution in [2.45, 2.75) is 71.1 Å². The van der Waals surface area contributed by atoms with Gasteiger partial charge < -0.3 is 0 Å². The Morgan fingerprint density at radius 2 is 1.47 bits per heavy atom. The fraction of sp³-hybridized carbons (Fsp3) is 0.846. The molecule has 0 saturated carbocycles. The molecule has 4 heteroatoms. The van der Waals surface area contributed by atoms with E-state index in [9.17, 15) is 4.79 Å². The van der Waals surface area contributed by atoms with E-state index in [1.165, 1.54) is 44.9 Å². The molecule has 0 rings (SSSR count). The van der Waals surface area contributed by atoms with Crippen LogP contribution in [0.1, 0.15) is 71.1 Å². The molecule has 1 N–H and O–H groups in total. The second-order valence-electron chi connectivity index (χ2n) is 4.24. The van der Waals surface area contributed by atoms with Crippen LogP contribution >= 0.6 is 0 Å². The number of rotatable bonds is 10. The second kappa shape index (κ2) is 15.5. The SMILES string of the molecule is CCCCCCCCCCCC(=O)NC#N.[Co]. The van der Waals surface area contributed by atoms with E-state index in [2.05, 4.69) is 12.2 Å². The van der Waals surface area contributed by atoms with Gasteiger partial charge in [-0.25, -0.2) is 0 Å². The van der Waals surface area contributed by atoms with Crippen molar-refractivity contribution >= 4 is 5.91 Å². The summed E-state index contributed by atoms with van der Waals surface area (Å²) in [5.41, 5.74) is 0. The van der Waals surface area contributed by atoms with Gasteiger partial charge in [-0.05, 0) is 6.42 Å². The van der Waals surface area contributed by atoms with Crippen LogP contribution in [-0.2, 0) is 21.6 Å². The number of carbonyl (C=O) groups excluding carboxylic acids is 1. The van der Waals surface area contributed by atoms with Gasteiger partial charge in [0.05, 0.1) is 0 Å². The van der Waals surface area contributed by atoms with Gasteiger partial charge in [0.25, 0.3) is 0 Å². The summed E-state index contributed by atoms with van der Waals surface area (Å²) in [6.45, 7) is 2.23. The predicted molar refractivity (Wildman–Crippen MR) is 65.6 cm³/mol. The maximum Gasteiger partial charge on any atom is 0.232 e. The van der Waals surface area contributed by atoms with E-state index in [4.69, 9.17) is 5.26 Å². The first-order chi connectivity index (χ1) is 7.81. The Balaban J connectivity index is 0. The third kappa shape index (κ3) is 15.5. The number of unbranched alkanes of at least 4 members (excludes halogenated alkanes) is 8. The minimum absolute atomic E-state index is 0. The average molecular weight is 283 g/mol. The molecule has 1 radical (unpaired) electrons. The van der Waals surface area contributed by atoms with Gasteiger partial charge in [0, 0.05) is 23.2 Å². The van der Waals surface area contributed by atoms with Crippen molar-refractivity contribution in [3.8, 4) is 6.19 Å². The Hall–Kier alpha value is -0.534. The number of hydrogen-bond donors (Lipinski definition) is 1. The molecular weight excluding hydrogens is 259 g/mol. The van der Waals surface area contributed by atoms with E-state index in [-0.39, 0.29) is 22.7 Å². The van der Waals surface area contributed by atoms with Crippen molar-refractivity contribution in [1.29, 1.82) is 5.26 Å². The molecule has 0 aromatic rings. The Morgan fingerprint density at radius 1 is 1.00 bits per heavy atom. The maximum atomic E-state index is 10.9. The first-order valence-corrected chi connectivity index (χ1v) is 6.49. The first kappa shape index (κ1) is 18.8. The third-order valence-corrected chi connectivity index (χ3v) is 2.70. The van der Waals surface area contributed by atoms with Crippen LogP contribution in [0.2, 0.25) is 0 Å². The molecule has 3 nitrogen and oxygen atoms in total. The van der Waals surface area contributed by atoms with Crippen molar-refractivity contribution in [3.05, 3.63) is 0 Å². The molecule has 0 unspecified atom stereocenters. The minimum atomic E-state index is -0.148. The molecule has 0 fully saturated rings. The van der Waals surface area contributed by atoms with Crippen LogP contribution in [-0.4, -0.2) is 5.91 Å². The van der Waals surface area contributed by atoms with Crippen LogP contribution in [0.15, 0.2) is 0 Å². The summed E-state index contributed by atoms with van der Waals surface area (Å²) in [5, 5.41) is 10.3. The number of nitrogens with one attached hydrogen (secondary N) is 1. The van der Waals surface area contributed by atoms with Gasteiger partial charge in [-0.1, -0.05) is 58.3 Å². The van der Waals surface area contributed by atoms with Gasteiger partial charge in [-0.15, -0.1) is 0 Å². The van der Waals surface area contributed by atoms with Crippen LogP contribution in [0.3, 0.4) is 0 Å². The summed E-state index contributed by atoms with van der Waals surface area (Å²) in [6, 6.07) is 0. The van der Waals surface area contributed by atoms with Crippen molar-refractivity contribution in [1.82, 2.24) is 5.32 Å². The Kier molecular flexibility index (Phi) is 17.1. The quantitative estimate of drug-likeness (QED) is 0.379. The van der Waals surface area contributed by atoms with Crippen molar-refractivity contribution in [2.75, 3.05) is 0 Å². The van der Waals surface area contributed by atoms with Gasteiger partial charge in [-0.3, -0.25) is 10.1 Å². The second-order valence-corrected chi connectivity index (χ2v) is 4.24. The number of carbonyl (C=O) groups is 1. The molecule has 0 aromatic heterocycles. The zero-order valence-corrected chi connectivity index (χ0v) is 11.8. The average Bonchev–Trinajstić information content (AvgIpc) is 2.27. The molecule has 1 amide bonds.